The van der Waals surface area contributed by atoms with Crippen molar-refractivity contribution in [1.82, 2.24) is 5.43 Å². The summed E-state index contributed by atoms with van der Waals surface area (Å²) in [4.78, 5) is 21.2. The number of anilines is 1. The average molecular weight is 453 g/mol. The molecule has 3 N–H and O–H groups in total. The van der Waals surface area contributed by atoms with E-state index in [1.165, 1.54) is 0 Å². The highest BCUT2D eigenvalue weighted by atomic mass is 35.5. The van der Waals surface area contributed by atoms with Crippen LogP contribution in [-0.4, -0.2) is 25.8 Å². The fourth-order valence-corrected chi connectivity index (χ4v) is 3.98. The molecule has 29 heavy (non-hydrogen) atoms. The Kier molecular flexibility index (Phi) is 6.35. The van der Waals surface area contributed by atoms with E-state index in [0.717, 1.165) is 24.3 Å². The van der Waals surface area contributed by atoms with Crippen molar-refractivity contribution >= 4 is 38.9 Å². The number of nitrogens with one attached hydrogen (secondary N) is 1. The largest absolute Gasteiger partial charge is 0.416 e. The number of nitro groups is 1. The molecule has 0 bridgehead atoms. The molecule has 0 fully saturated rings. The zero-order chi connectivity index (χ0) is 22.0. The van der Waals surface area contributed by atoms with Gasteiger partial charge in [0.15, 0.2) is 0 Å². The summed E-state index contributed by atoms with van der Waals surface area (Å²) in [5, 5.41) is 10.5. The summed E-state index contributed by atoms with van der Waals surface area (Å²) in [6.07, 6.45) is -4.82. The summed E-state index contributed by atoms with van der Waals surface area (Å²) < 4.78 is 65.5. The van der Waals surface area contributed by atoms with Gasteiger partial charge in [-0.3, -0.25) is 24.6 Å². The molecule has 0 radical (unpaired) electrons. The van der Waals surface area contributed by atoms with Crippen molar-refractivity contribution in [2.45, 2.75) is 11.1 Å². The van der Waals surface area contributed by atoms with Crippen LogP contribution in [0.15, 0.2) is 47.4 Å². The number of nitrogens with zero attached hydrogens (tertiary/aromatic N) is 2. The lowest BCUT2D eigenvalue weighted by Gasteiger charge is -2.25. The van der Waals surface area contributed by atoms with Crippen molar-refractivity contribution in [3.8, 4) is 0 Å². The van der Waals surface area contributed by atoms with Crippen LogP contribution in [0.4, 0.5) is 24.5 Å². The van der Waals surface area contributed by atoms with E-state index in [0.29, 0.717) is 18.2 Å². The number of carbonyl (C=O) groups excluding carboxylic acids is 1. The van der Waals surface area contributed by atoms with Crippen LogP contribution in [0.5, 0.6) is 0 Å². The third-order valence-electron chi connectivity index (χ3n) is 3.61. The van der Waals surface area contributed by atoms with E-state index >= 15 is 0 Å². The number of hydrogen-bond acceptors (Lipinski definition) is 6. The normalized spacial score (nSPS) is 11.8. The summed E-state index contributed by atoms with van der Waals surface area (Å²) >= 11 is 5.90. The standard InChI is InChI=1S/C15H12ClF3N4O5S/c16-12-5-4-9(15(17,18)19)6-13(12)22(8-14(24)21-20)29(27,28)11-3-1-2-10(7-11)23(25)26/h1-7H,8,20H2,(H,21,24). The molecule has 1 amide bonds. The summed E-state index contributed by atoms with van der Waals surface area (Å²) in [6.45, 7) is -1.03. The molecule has 9 nitrogen and oxygen atoms in total. The molecule has 0 saturated carbocycles. The van der Waals surface area contributed by atoms with E-state index in [9.17, 15) is 36.5 Å². The number of rotatable bonds is 6. The summed E-state index contributed by atoms with van der Waals surface area (Å²) in [5.41, 5.74) is -0.789. The lowest BCUT2D eigenvalue weighted by atomic mass is 10.2. The van der Waals surface area contributed by atoms with Gasteiger partial charge in [-0.2, -0.15) is 13.2 Å². The highest BCUT2D eigenvalue weighted by molar-refractivity contribution is 7.92. The van der Waals surface area contributed by atoms with Crippen LogP contribution in [0.1, 0.15) is 5.56 Å². The second-order valence-electron chi connectivity index (χ2n) is 5.50. The van der Waals surface area contributed by atoms with Crippen molar-refractivity contribution in [2.24, 2.45) is 5.84 Å². The molecular formula is C15H12ClF3N4O5S. The molecule has 0 aliphatic heterocycles. The van der Waals surface area contributed by atoms with Crippen LogP contribution in [0, 0.1) is 10.1 Å². The number of hydrogen-bond donors (Lipinski definition) is 2. The molecule has 0 unspecified atom stereocenters. The Morgan fingerprint density at radius 2 is 1.90 bits per heavy atom. The van der Waals surface area contributed by atoms with E-state index < -0.39 is 60.4 Å². The Bertz CT molecular complexity index is 1060. The number of hydrazine groups is 1. The molecule has 0 saturated heterocycles. The van der Waals surface area contributed by atoms with Crippen LogP contribution in [-0.2, 0) is 21.0 Å². The van der Waals surface area contributed by atoms with Gasteiger partial charge in [0.1, 0.15) is 6.54 Å². The summed E-state index contributed by atoms with van der Waals surface area (Å²) in [6, 6.07) is 5.67. The molecule has 0 heterocycles. The second kappa shape index (κ2) is 8.23. The van der Waals surface area contributed by atoms with Gasteiger partial charge in [0.05, 0.1) is 26.1 Å². The lowest BCUT2D eigenvalue weighted by Crippen LogP contribution is -2.43. The van der Waals surface area contributed by atoms with Crippen molar-refractivity contribution in [3.05, 3.63) is 63.2 Å². The number of amides is 1. The molecule has 156 valence electrons. The van der Waals surface area contributed by atoms with Gasteiger partial charge in [-0.1, -0.05) is 17.7 Å². The third-order valence-corrected chi connectivity index (χ3v) is 5.68. The van der Waals surface area contributed by atoms with E-state index in [2.05, 4.69) is 0 Å². The predicted molar refractivity (Wildman–Crippen MR) is 96.4 cm³/mol. The second-order valence-corrected chi connectivity index (χ2v) is 7.77. The van der Waals surface area contributed by atoms with E-state index in [4.69, 9.17) is 17.4 Å². The molecule has 2 rings (SSSR count). The number of nitro benzene ring substituents is 1. The Hall–Kier alpha value is -2.90. The number of alkyl halides is 3. The van der Waals surface area contributed by atoms with Gasteiger partial charge in [-0.15, -0.1) is 0 Å². The minimum Gasteiger partial charge on any atom is -0.293 e. The van der Waals surface area contributed by atoms with E-state index in [1.54, 1.807) is 5.43 Å². The number of sulfonamides is 1. The molecule has 0 aliphatic rings. The maximum atomic E-state index is 13.1. The zero-order valence-electron chi connectivity index (χ0n) is 14.2. The van der Waals surface area contributed by atoms with Crippen LogP contribution in [0.3, 0.4) is 0 Å². The molecule has 2 aromatic carbocycles. The Morgan fingerprint density at radius 3 is 2.45 bits per heavy atom. The molecule has 0 aliphatic carbocycles. The Morgan fingerprint density at radius 1 is 1.24 bits per heavy atom. The van der Waals surface area contributed by atoms with Crippen molar-refractivity contribution in [1.29, 1.82) is 0 Å². The first-order valence-electron chi connectivity index (χ1n) is 7.51. The van der Waals surface area contributed by atoms with Gasteiger partial charge in [-0.05, 0) is 24.3 Å². The van der Waals surface area contributed by atoms with E-state index in [-0.39, 0.29) is 4.31 Å². The molecule has 2 aromatic rings. The first-order valence-corrected chi connectivity index (χ1v) is 9.33. The summed E-state index contributed by atoms with van der Waals surface area (Å²) in [5.74, 6) is 3.90. The van der Waals surface area contributed by atoms with Gasteiger partial charge in [0.25, 0.3) is 21.6 Å². The molecule has 0 spiro atoms. The monoisotopic (exact) mass is 452 g/mol. The fraction of sp³-hybridized carbons (Fsp3) is 0.133. The van der Waals surface area contributed by atoms with Gasteiger partial charge in [0, 0.05) is 12.1 Å². The molecule has 0 atom stereocenters. The van der Waals surface area contributed by atoms with Gasteiger partial charge in [-0.25, -0.2) is 14.3 Å². The highest BCUT2D eigenvalue weighted by Crippen LogP contribution is 2.37. The minimum absolute atomic E-state index is 0.284. The third kappa shape index (κ3) is 4.93. The van der Waals surface area contributed by atoms with E-state index in [1.807, 2.05) is 0 Å². The van der Waals surface area contributed by atoms with Crippen LogP contribution in [0.2, 0.25) is 5.02 Å². The van der Waals surface area contributed by atoms with Crippen LogP contribution in [0.25, 0.3) is 0 Å². The number of non-ortho nitro benzene ring substituents is 1. The molecular weight excluding hydrogens is 441 g/mol. The SMILES string of the molecule is NNC(=O)CN(c1cc(C(F)(F)F)ccc1Cl)S(=O)(=O)c1cccc([N+](=O)[O-])c1. The van der Waals surface area contributed by atoms with Gasteiger partial charge < -0.3 is 0 Å². The Balaban J connectivity index is 2.70. The van der Waals surface area contributed by atoms with Crippen LogP contribution >= 0.6 is 11.6 Å². The summed E-state index contributed by atoms with van der Waals surface area (Å²) in [7, 11) is -4.74. The predicted octanol–water partition coefficient (Wildman–Crippen LogP) is 2.45. The quantitative estimate of drug-likeness (QED) is 0.299. The number of carbonyl (C=O) groups is 1. The van der Waals surface area contributed by atoms with Gasteiger partial charge >= 0.3 is 6.18 Å². The smallest absolute Gasteiger partial charge is 0.293 e. The number of benzene rings is 2. The zero-order valence-corrected chi connectivity index (χ0v) is 15.8. The lowest BCUT2D eigenvalue weighted by molar-refractivity contribution is -0.385. The molecule has 14 heteroatoms. The average Bonchev–Trinajstić information content (AvgIpc) is 2.65. The topological polar surface area (TPSA) is 136 Å². The molecule has 0 aromatic heterocycles. The fourth-order valence-electron chi connectivity index (χ4n) is 2.24. The maximum absolute atomic E-state index is 13.1. The number of nitrogens with two attached hydrogens (primary N) is 1. The number of halogens is 4. The van der Waals surface area contributed by atoms with Crippen LogP contribution < -0.4 is 15.6 Å². The van der Waals surface area contributed by atoms with Crippen molar-refractivity contribution < 1.29 is 31.3 Å². The van der Waals surface area contributed by atoms with Crippen molar-refractivity contribution in [3.63, 3.8) is 0 Å². The van der Waals surface area contributed by atoms with Gasteiger partial charge in [0.2, 0.25) is 0 Å². The Labute approximate surface area is 167 Å². The maximum Gasteiger partial charge on any atom is 0.416 e. The highest BCUT2D eigenvalue weighted by Gasteiger charge is 2.34. The van der Waals surface area contributed by atoms with Crippen molar-refractivity contribution in [2.75, 3.05) is 10.8 Å². The first-order chi connectivity index (χ1) is 13.4. The first kappa shape index (κ1) is 22.4. The minimum atomic E-state index is -4.82.